The lowest BCUT2D eigenvalue weighted by atomic mass is 9.84. The van der Waals surface area contributed by atoms with Crippen LogP contribution in [0.3, 0.4) is 0 Å². The first-order valence-electron chi connectivity index (χ1n) is 8.38. The maximum atomic E-state index is 13.0. The molecule has 2 aromatic carbocycles. The predicted molar refractivity (Wildman–Crippen MR) is 97.3 cm³/mol. The quantitative estimate of drug-likeness (QED) is 0.850. The molecule has 0 atom stereocenters. The van der Waals surface area contributed by atoms with Gasteiger partial charge in [0, 0.05) is 5.56 Å². The highest BCUT2D eigenvalue weighted by Gasteiger charge is 2.34. The Morgan fingerprint density at radius 2 is 1.76 bits per heavy atom. The van der Waals surface area contributed by atoms with Crippen molar-refractivity contribution in [3.05, 3.63) is 54.1 Å². The molecule has 5 heteroatoms. The van der Waals surface area contributed by atoms with Crippen molar-refractivity contribution in [3.63, 3.8) is 0 Å². The summed E-state index contributed by atoms with van der Waals surface area (Å²) in [6.45, 7) is 3.17. The Morgan fingerprint density at radius 3 is 2.32 bits per heavy atom. The average molecular weight is 358 g/mol. The van der Waals surface area contributed by atoms with Gasteiger partial charge < -0.3 is 5.11 Å². The van der Waals surface area contributed by atoms with E-state index in [-0.39, 0.29) is 16.6 Å². The van der Waals surface area contributed by atoms with Crippen LogP contribution in [0.15, 0.2) is 53.4 Å². The Hall–Kier alpha value is -2.14. The third kappa shape index (κ3) is 3.61. The van der Waals surface area contributed by atoms with E-state index in [0.717, 1.165) is 18.4 Å². The fraction of sp³-hybridized carbons (Fsp3) is 0.350. The molecule has 0 spiro atoms. The van der Waals surface area contributed by atoms with Crippen LogP contribution >= 0.6 is 0 Å². The van der Waals surface area contributed by atoms with Crippen LogP contribution in [0.2, 0.25) is 0 Å². The summed E-state index contributed by atoms with van der Waals surface area (Å²) >= 11 is 0. The fourth-order valence-electron chi connectivity index (χ4n) is 2.83. The van der Waals surface area contributed by atoms with Gasteiger partial charge in [0.2, 0.25) is 0 Å². The van der Waals surface area contributed by atoms with E-state index in [9.17, 15) is 18.3 Å². The molecule has 132 valence electrons. The minimum Gasteiger partial charge on any atom is -0.481 e. The molecule has 1 aliphatic carbocycles. The van der Waals surface area contributed by atoms with E-state index in [4.69, 9.17) is 0 Å². The minimum absolute atomic E-state index is 0.129. The maximum absolute atomic E-state index is 13.0. The first kappa shape index (κ1) is 17.7. The van der Waals surface area contributed by atoms with Crippen LogP contribution in [0.1, 0.15) is 32.3 Å². The highest BCUT2D eigenvalue weighted by Crippen LogP contribution is 2.37. The van der Waals surface area contributed by atoms with Crippen molar-refractivity contribution in [2.45, 2.75) is 37.0 Å². The number of hydrogen-bond donors (Lipinski definition) is 1. The van der Waals surface area contributed by atoms with Gasteiger partial charge in [0.15, 0.2) is 9.84 Å². The van der Waals surface area contributed by atoms with Gasteiger partial charge in [0.05, 0.1) is 16.1 Å². The van der Waals surface area contributed by atoms with Crippen LogP contribution in [-0.4, -0.2) is 25.2 Å². The van der Waals surface area contributed by atoms with Gasteiger partial charge in [-0.05, 0) is 49.8 Å². The van der Waals surface area contributed by atoms with Gasteiger partial charge in [0.25, 0.3) is 0 Å². The molecule has 25 heavy (non-hydrogen) atoms. The Kier molecular flexibility index (Phi) is 4.45. The molecular weight excluding hydrogens is 336 g/mol. The normalized spacial score (nSPS) is 15.1. The zero-order valence-electron chi connectivity index (χ0n) is 14.4. The minimum atomic E-state index is -3.48. The van der Waals surface area contributed by atoms with Crippen LogP contribution in [0.4, 0.5) is 0 Å². The molecule has 0 heterocycles. The number of sulfone groups is 1. The number of benzene rings is 2. The van der Waals surface area contributed by atoms with E-state index in [1.807, 2.05) is 30.3 Å². The Bertz CT molecular complexity index is 895. The summed E-state index contributed by atoms with van der Waals surface area (Å²) in [7, 11) is -3.48. The zero-order valence-corrected chi connectivity index (χ0v) is 15.2. The first-order chi connectivity index (χ1) is 11.7. The number of aliphatic carboxylic acids is 1. The molecule has 3 rings (SSSR count). The zero-order chi connectivity index (χ0) is 18.2. The van der Waals surface area contributed by atoms with Crippen LogP contribution in [-0.2, 0) is 20.0 Å². The summed E-state index contributed by atoms with van der Waals surface area (Å²) < 4.78 is 26.0. The molecule has 0 unspecified atom stereocenters. The van der Waals surface area contributed by atoms with Crippen molar-refractivity contribution in [2.24, 2.45) is 5.92 Å². The van der Waals surface area contributed by atoms with Crippen LogP contribution in [0.5, 0.6) is 0 Å². The second-order valence-electron chi connectivity index (χ2n) is 7.23. The van der Waals surface area contributed by atoms with Gasteiger partial charge in [-0.3, -0.25) is 4.79 Å². The molecule has 0 saturated heterocycles. The van der Waals surface area contributed by atoms with Gasteiger partial charge >= 0.3 is 5.97 Å². The van der Waals surface area contributed by atoms with Crippen molar-refractivity contribution in [1.29, 1.82) is 0 Å². The summed E-state index contributed by atoms with van der Waals surface area (Å²) in [6, 6.07) is 14.3. The SMILES string of the molecule is CC(C)(C(=O)O)c1ccc(-c2ccccc2)c(S(=O)(=O)CC2CC2)c1. The standard InChI is InChI=1S/C20H22O4S/c1-20(2,19(21)22)16-10-11-17(15-6-4-3-5-7-15)18(12-16)25(23,24)13-14-8-9-14/h3-7,10-12,14H,8-9,13H2,1-2H3,(H,21,22). The maximum Gasteiger partial charge on any atom is 0.313 e. The van der Waals surface area contributed by atoms with E-state index in [1.54, 1.807) is 32.0 Å². The predicted octanol–water partition coefficient (Wildman–Crippen LogP) is 3.90. The fourth-order valence-corrected chi connectivity index (χ4v) is 4.79. The number of carboxylic acids is 1. The monoisotopic (exact) mass is 358 g/mol. The van der Waals surface area contributed by atoms with Crippen molar-refractivity contribution in [1.82, 2.24) is 0 Å². The van der Waals surface area contributed by atoms with Crippen LogP contribution in [0, 0.1) is 5.92 Å². The van der Waals surface area contributed by atoms with E-state index in [0.29, 0.717) is 11.1 Å². The molecule has 0 aliphatic heterocycles. The van der Waals surface area contributed by atoms with Gasteiger partial charge in [-0.15, -0.1) is 0 Å². The molecular formula is C20H22O4S. The Morgan fingerprint density at radius 1 is 1.12 bits per heavy atom. The molecule has 0 aromatic heterocycles. The largest absolute Gasteiger partial charge is 0.481 e. The molecule has 4 nitrogen and oxygen atoms in total. The smallest absolute Gasteiger partial charge is 0.313 e. The number of rotatable bonds is 6. The molecule has 1 fully saturated rings. The molecule has 0 bridgehead atoms. The number of carboxylic acid groups (broad SMARTS) is 1. The number of carbonyl (C=O) groups is 1. The second-order valence-corrected chi connectivity index (χ2v) is 9.23. The van der Waals surface area contributed by atoms with Gasteiger partial charge in [0.1, 0.15) is 0 Å². The van der Waals surface area contributed by atoms with Gasteiger partial charge in [-0.1, -0.05) is 42.5 Å². The molecule has 1 N–H and O–H groups in total. The Balaban J connectivity index is 2.17. The summed E-state index contributed by atoms with van der Waals surface area (Å²) in [5.41, 5.74) is 0.788. The molecule has 1 aliphatic rings. The van der Waals surface area contributed by atoms with E-state index in [2.05, 4.69) is 0 Å². The lowest BCUT2D eigenvalue weighted by molar-refractivity contribution is -0.142. The second kappa shape index (κ2) is 6.30. The van der Waals surface area contributed by atoms with Gasteiger partial charge in [-0.2, -0.15) is 0 Å². The third-order valence-corrected chi connectivity index (χ3v) is 6.73. The lowest BCUT2D eigenvalue weighted by Crippen LogP contribution is -2.28. The summed E-state index contributed by atoms with van der Waals surface area (Å²) in [6.07, 6.45) is 1.89. The first-order valence-corrected chi connectivity index (χ1v) is 10.0. The van der Waals surface area contributed by atoms with E-state index >= 15 is 0 Å². The highest BCUT2D eigenvalue weighted by molar-refractivity contribution is 7.91. The Labute approximate surface area is 148 Å². The highest BCUT2D eigenvalue weighted by atomic mass is 32.2. The summed E-state index contributed by atoms with van der Waals surface area (Å²) in [4.78, 5) is 11.8. The van der Waals surface area contributed by atoms with Gasteiger partial charge in [-0.25, -0.2) is 8.42 Å². The van der Waals surface area contributed by atoms with E-state index in [1.165, 1.54) is 0 Å². The summed E-state index contributed by atoms with van der Waals surface area (Å²) in [5, 5.41) is 9.48. The molecule has 2 aromatic rings. The average Bonchev–Trinajstić information content (AvgIpc) is 3.38. The lowest BCUT2D eigenvalue weighted by Gasteiger charge is -2.22. The van der Waals surface area contributed by atoms with Crippen molar-refractivity contribution in [2.75, 3.05) is 5.75 Å². The van der Waals surface area contributed by atoms with Crippen LogP contribution < -0.4 is 0 Å². The van der Waals surface area contributed by atoms with Crippen LogP contribution in [0.25, 0.3) is 11.1 Å². The topological polar surface area (TPSA) is 71.4 Å². The van der Waals surface area contributed by atoms with Crippen molar-refractivity contribution < 1.29 is 18.3 Å². The molecule has 0 radical (unpaired) electrons. The van der Waals surface area contributed by atoms with Crippen molar-refractivity contribution in [3.8, 4) is 11.1 Å². The summed E-state index contributed by atoms with van der Waals surface area (Å²) in [5.74, 6) is -0.626. The number of hydrogen-bond acceptors (Lipinski definition) is 3. The molecule has 0 amide bonds. The molecule has 1 saturated carbocycles. The van der Waals surface area contributed by atoms with E-state index < -0.39 is 21.2 Å². The third-order valence-electron chi connectivity index (χ3n) is 4.81. The van der Waals surface area contributed by atoms with Crippen molar-refractivity contribution >= 4 is 15.8 Å².